The van der Waals surface area contributed by atoms with Crippen molar-refractivity contribution in [3.05, 3.63) is 70.4 Å². The van der Waals surface area contributed by atoms with Gasteiger partial charge in [0.05, 0.1) is 43.3 Å². The van der Waals surface area contributed by atoms with E-state index >= 15 is 0 Å². The van der Waals surface area contributed by atoms with E-state index in [0.29, 0.717) is 42.0 Å². The largest absolute Gasteiger partial charge is 0.497 e. The molecule has 0 bridgehead atoms. The lowest BCUT2D eigenvalue weighted by molar-refractivity contribution is -0.139. The molecule has 1 atom stereocenters. The van der Waals surface area contributed by atoms with Crippen LogP contribution in [0.4, 0.5) is 19.3 Å². The lowest BCUT2D eigenvalue weighted by Gasteiger charge is -2.35. The third-order valence-corrected chi connectivity index (χ3v) is 5.74. The maximum Gasteiger partial charge on any atom is 0.338 e. The molecule has 2 aromatic carbocycles. The number of methoxy groups -OCH3 is 1. The first-order valence-corrected chi connectivity index (χ1v) is 10.8. The Kier molecular flexibility index (Phi) is 6.48. The minimum Gasteiger partial charge on any atom is -0.497 e. The van der Waals surface area contributed by atoms with Gasteiger partial charge in [-0.05, 0) is 49.1 Å². The van der Waals surface area contributed by atoms with Crippen molar-refractivity contribution in [1.29, 1.82) is 0 Å². The summed E-state index contributed by atoms with van der Waals surface area (Å²) in [6, 6.07) is 7.89. The average Bonchev–Trinajstić information content (AvgIpc) is 2.78. The van der Waals surface area contributed by atoms with Crippen molar-refractivity contribution in [3.8, 4) is 5.75 Å². The van der Waals surface area contributed by atoms with Crippen molar-refractivity contribution in [2.24, 2.45) is 0 Å². The molecule has 0 saturated carbocycles. The summed E-state index contributed by atoms with van der Waals surface area (Å²) < 4.78 is 38.9. The summed E-state index contributed by atoms with van der Waals surface area (Å²) in [4.78, 5) is 27.2. The number of halogens is 2. The number of esters is 1. The Morgan fingerprint density at radius 1 is 1.21 bits per heavy atom. The van der Waals surface area contributed by atoms with Crippen LogP contribution in [-0.4, -0.2) is 38.8 Å². The summed E-state index contributed by atoms with van der Waals surface area (Å²) in [5.41, 5.74) is 2.06. The number of hydrogen-bond donors (Lipinski definition) is 2. The standard InChI is InChI=1S/C24H25F2N3O4/c1-3-33-23(30)20-19(13-29-10-4-5-15-11-16(25)12-18(26)22(15)29)27-24(31)28-21(20)14-6-8-17(32-2)9-7-14/h6-9,11-12,21H,3-5,10,13H2,1-2H3,(H2,27,28,31). The van der Waals surface area contributed by atoms with Crippen LogP contribution in [0, 0.1) is 11.6 Å². The number of hydrogen-bond acceptors (Lipinski definition) is 5. The highest BCUT2D eigenvalue weighted by Crippen LogP contribution is 2.34. The summed E-state index contributed by atoms with van der Waals surface area (Å²) in [5, 5.41) is 5.48. The van der Waals surface area contributed by atoms with E-state index in [1.807, 2.05) is 0 Å². The Morgan fingerprint density at radius 2 is 1.97 bits per heavy atom. The second kappa shape index (κ2) is 9.48. The second-order valence-corrected chi connectivity index (χ2v) is 7.84. The quantitative estimate of drug-likeness (QED) is 0.648. The normalized spacial score (nSPS) is 17.8. The Balaban J connectivity index is 1.76. The number of benzene rings is 2. The molecule has 174 valence electrons. The number of aryl methyl sites for hydroxylation is 1. The zero-order valence-electron chi connectivity index (χ0n) is 18.4. The number of nitrogens with zero attached hydrogens (tertiary/aromatic N) is 1. The molecular formula is C24H25F2N3O4. The molecule has 1 unspecified atom stereocenters. The molecule has 2 aliphatic heterocycles. The average molecular weight is 457 g/mol. The van der Waals surface area contributed by atoms with Crippen LogP contribution < -0.4 is 20.3 Å². The van der Waals surface area contributed by atoms with Crippen molar-refractivity contribution >= 4 is 17.7 Å². The van der Waals surface area contributed by atoms with Crippen LogP contribution in [0.25, 0.3) is 0 Å². The smallest absolute Gasteiger partial charge is 0.338 e. The lowest BCUT2D eigenvalue weighted by Crippen LogP contribution is -2.49. The Hall–Kier alpha value is -3.62. The van der Waals surface area contributed by atoms with Gasteiger partial charge in [0.2, 0.25) is 0 Å². The summed E-state index contributed by atoms with van der Waals surface area (Å²) in [6.45, 7) is 2.40. The van der Waals surface area contributed by atoms with Gasteiger partial charge in [-0.3, -0.25) is 0 Å². The molecule has 0 aliphatic carbocycles. The van der Waals surface area contributed by atoms with E-state index in [2.05, 4.69) is 10.6 Å². The summed E-state index contributed by atoms with van der Waals surface area (Å²) in [5.74, 6) is -1.25. The molecule has 0 saturated heterocycles. The molecule has 0 aromatic heterocycles. The zero-order valence-corrected chi connectivity index (χ0v) is 18.4. The number of carbonyl (C=O) groups excluding carboxylic acids is 2. The molecule has 9 heteroatoms. The molecule has 0 spiro atoms. The van der Waals surface area contributed by atoms with Gasteiger partial charge in [0.1, 0.15) is 17.4 Å². The molecular weight excluding hydrogens is 432 g/mol. The topological polar surface area (TPSA) is 79.9 Å². The summed E-state index contributed by atoms with van der Waals surface area (Å²) in [6.07, 6.45) is 1.23. The van der Waals surface area contributed by atoms with E-state index < -0.39 is 29.7 Å². The molecule has 2 N–H and O–H groups in total. The van der Waals surface area contributed by atoms with E-state index in [4.69, 9.17) is 9.47 Å². The van der Waals surface area contributed by atoms with Gasteiger partial charge in [-0.25, -0.2) is 18.4 Å². The Bertz CT molecular complexity index is 1100. The monoisotopic (exact) mass is 457 g/mol. The fraction of sp³-hybridized carbons (Fsp3) is 0.333. The fourth-order valence-corrected chi connectivity index (χ4v) is 4.32. The van der Waals surface area contributed by atoms with Gasteiger partial charge in [-0.1, -0.05) is 12.1 Å². The van der Waals surface area contributed by atoms with E-state index in [9.17, 15) is 18.4 Å². The van der Waals surface area contributed by atoms with Gasteiger partial charge < -0.3 is 25.0 Å². The van der Waals surface area contributed by atoms with Crippen LogP contribution >= 0.6 is 0 Å². The van der Waals surface area contributed by atoms with Crippen molar-refractivity contribution in [3.63, 3.8) is 0 Å². The van der Waals surface area contributed by atoms with Crippen LogP contribution in [0.1, 0.15) is 30.5 Å². The maximum atomic E-state index is 14.7. The number of carbonyl (C=O) groups is 2. The third kappa shape index (κ3) is 4.62. The minimum absolute atomic E-state index is 0.0593. The van der Waals surface area contributed by atoms with Gasteiger partial charge in [0.25, 0.3) is 0 Å². The van der Waals surface area contributed by atoms with Crippen LogP contribution in [-0.2, 0) is 16.0 Å². The maximum absolute atomic E-state index is 14.7. The fourth-order valence-electron chi connectivity index (χ4n) is 4.32. The number of fused-ring (bicyclic) bond motifs is 1. The first kappa shape index (κ1) is 22.6. The number of urea groups is 1. The number of anilines is 1. The van der Waals surface area contributed by atoms with Gasteiger partial charge in [0.15, 0.2) is 0 Å². The predicted molar refractivity (Wildman–Crippen MR) is 118 cm³/mol. The van der Waals surface area contributed by atoms with Crippen LogP contribution in [0.2, 0.25) is 0 Å². The first-order chi connectivity index (χ1) is 15.9. The molecule has 4 rings (SSSR count). The highest BCUT2D eigenvalue weighted by Gasteiger charge is 2.35. The second-order valence-electron chi connectivity index (χ2n) is 7.84. The highest BCUT2D eigenvalue weighted by atomic mass is 19.1. The molecule has 0 fully saturated rings. The van der Waals surface area contributed by atoms with E-state index in [0.717, 1.165) is 6.07 Å². The van der Waals surface area contributed by atoms with E-state index in [1.54, 1.807) is 43.2 Å². The number of rotatable bonds is 6. The van der Waals surface area contributed by atoms with E-state index in [-0.39, 0.29) is 24.4 Å². The Morgan fingerprint density at radius 3 is 2.67 bits per heavy atom. The zero-order chi connectivity index (χ0) is 23.5. The van der Waals surface area contributed by atoms with Gasteiger partial charge >= 0.3 is 12.0 Å². The molecule has 2 amide bonds. The molecule has 33 heavy (non-hydrogen) atoms. The number of amides is 2. The third-order valence-electron chi connectivity index (χ3n) is 5.74. The van der Waals surface area contributed by atoms with Crippen molar-refractivity contribution in [1.82, 2.24) is 10.6 Å². The van der Waals surface area contributed by atoms with Crippen LogP contribution in [0.3, 0.4) is 0 Å². The minimum atomic E-state index is -0.763. The molecule has 2 heterocycles. The van der Waals surface area contributed by atoms with E-state index in [1.165, 1.54) is 6.07 Å². The Labute approximate surface area is 190 Å². The number of ether oxygens (including phenoxy) is 2. The van der Waals surface area contributed by atoms with Crippen LogP contribution in [0.5, 0.6) is 5.75 Å². The molecule has 2 aromatic rings. The van der Waals surface area contributed by atoms with Crippen LogP contribution in [0.15, 0.2) is 47.7 Å². The lowest BCUT2D eigenvalue weighted by atomic mass is 9.94. The SMILES string of the molecule is CCOC(=O)C1=C(CN2CCCc3cc(F)cc(F)c32)NC(=O)NC1c1ccc(OC)cc1. The predicted octanol–water partition coefficient (Wildman–Crippen LogP) is 3.60. The number of nitrogens with one attached hydrogen (secondary N) is 2. The molecule has 0 radical (unpaired) electrons. The van der Waals surface area contributed by atoms with Crippen molar-refractivity contribution < 1.29 is 27.8 Å². The summed E-state index contributed by atoms with van der Waals surface area (Å²) in [7, 11) is 1.55. The molecule has 7 nitrogen and oxygen atoms in total. The van der Waals surface area contributed by atoms with Crippen molar-refractivity contribution in [2.75, 3.05) is 31.7 Å². The molecule has 2 aliphatic rings. The van der Waals surface area contributed by atoms with Gasteiger partial charge in [-0.2, -0.15) is 0 Å². The van der Waals surface area contributed by atoms with Gasteiger partial charge in [0, 0.05) is 12.6 Å². The van der Waals surface area contributed by atoms with Crippen molar-refractivity contribution in [2.45, 2.75) is 25.8 Å². The first-order valence-electron chi connectivity index (χ1n) is 10.8. The highest BCUT2D eigenvalue weighted by molar-refractivity contribution is 5.95. The summed E-state index contributed by atoms with van der Waals surface area (Å²) >= 11 is 0. The van der Waals surface area contributed by atoms with Gasteiger partial charge in [-0.15, -0.1) is 0 Å².